The first-order chi connectivity index (χ1) is 11.1. The van der Waals surface area contributed by atoms with Gasteiger partial charge in [0.2, 0.25) is 11.8 Å². The summed E-state index contributed by atoms with van der Waals surface area (Å²) in [6.07, 6.45) is 0. The Morgan fingerprint density at radius 2 is 1.87 bits per heavy atom. The van der Waals surface area contributed by atoms with E-state index in [9.17, 15) is 9.59 Å². The number of hydrogen-bond acceptors (Lipinski definition) is 4. The second kappa shape index (κ2) is 10.4. The fraction of sp³-hybridized carbons (Fsp3) is 0.412. The van der Waals surface area contributed by atoms with Crippen LogP contribution in [0.3, 0.4) is 0 Å². The highest BCUT2D eigenvalue weighted by molar-refractivity contribution is 5.86. The third-order valence-electron chi connectivity index (χ3n) is 2.90. The van der Waals surface area contributed by atoms with Gasteiger partial charge in [-0.3, -0.25) is 9.59 Å². The lowest BCUT2D eigenvalue weighted by Crippen LogP contribution is -2.48. The predicted molar refractivity (Wildman–Crippen MR) is 86.5 cm³/mol. The van der Waals surface area contributed by atoms with Crippen molar-refractivity contribution in [3.8, 4) is 11.8 Å². The molecule has 1 rings (SSSR count). The number of nitrogens with one attached hydrogen (secondary N) is 2. The van der Waals surface area contributed by atoms with Crippen LogP contribution in [0.2, 0.25) is 0 Å². The molecule has 0 fully saturated rings. The zero-order valence-electron chi connectivity index (χ0n) is 13.6. The molecule has 0 aliphatic carbocycles. The van der Waals surface area contributed by atoms with Crippen molar-refractivity contribution in [2.45, 2.75) is 19.5 Å². The van der Waals surface area contributed by atoms with Crippen molar-refractivity contribution in [3.63, 3.8) is 0 Å². The molecule has 0 heterocycles. The lowest BCUT2D eigenvalue weighted by atomic mass is 10.1. The van der Waals surface area contributed by atoms with Crippen molar-refractivity contribution < 1.29 is 19.1 Å². The molecule has 1 aromatic rings. The number of ether oxygens (including phenoxy) is 2. The average molecular weight is 318 g/mol. The maximum absolute atomic E-state index is 12.0. The molecule has 124 valence electrons. The molecule has 1 atom stereocenters. The second-order valence-electron chi connectivity index (χ2n) is 4.86. The third kappa shape index (κ3) is 7.45. The minimum Gasteiger partial charge on any atom is -0.382 e. The highest BCUT2D eigenvalue weighted by Crippen LogP contribution is 2.03. The van der Waals surface area contributed by atoms with E-state index in [1.807, 2.05) is 24.3 Å². The summed E-state index contributed by atoms with van der Waals surface area (Å²) in [5, 5.41) is 5.32. The Hall–Kier alpha value is -2.36. The quantitative estimate of drug-likeness (QED) is 0.716. The third-order valence-corrected chi connectivity index (χ3v) is 2.90. The minimum absolute atomic E-state index is 0.124. The van der Waals surface area contributed by atoms with Crippen molar-refractivity contribution in [1.29, 1.82) is 0 Å². The first-order valence-corrected chi connectivity index (χ1v) is 7.17. The van der Waals surface area contributed by atoms with Gasteiger partial charge in [-0.1, -0.05) is 24.0 Å². The Kier molecular flexibility index (Phi) is 8.43. The molecule has 0 bridgehead atoms. The summed E-state index contributed by atoms with van der Waals surface area (Å²) >= 11 is 0. The van der Waals surface area contributed by atoms with E-state index < -0.39 is 6.04 Å². The van der Waals surface area contributed by atoms with Crippen LogP contribution >= 0.6 is 0 Å². The van der Waals surface area contributed by atoms with Crippen molar-refractivity contribution in [3.05, 3.63) is 35.4 Å². The van der Waals surface area contributed by atoms with Crippen LogP contribution in [0.5, 0.6) is 0 Å². The van der Waals surface area contributed by atoms with Gasteiger partial charge in [0, 0.05) is 33.3 Å². The molecule has 1 aromatic carbocycles. The lowest BCUT2D eigenvalue weighted by molar-refractivity contribution is -0.129. The SMILES string of the molecule is COCC#Cc1ccc(CNC(=O)[C@@H](COC)NC(C)=O)cc1. The zero-order chi connectivity index (χ0) is 17.1. The summed E-state index contributed by atoms with van der Waals surface area (Å²) in [6, 6.07) is 6.84. The smallest absolute Gasteiger partial charge is 0.245 e. The van der Waals surface area contributed by atoms with E-state index in [0.29, 0.717) is 13.2 Å². The Balaban J connectivity index is 2.54. The van der Waals surface area contributed by atoms with Crippen LogP contribution in [0.4, 0.5) is 0 Å². The van der Waals surface area contributed by atoms with Crippen LogP contribution in [-0.2, 0) is 25.6 Å². The van der Waals surface area contributed by atoms with Gasteiger partial charge in [0.25, 0.3) is 0 Å². The molecule has 6 heteroatoms. The molecule has 2 amide bonds. The highest BCUT2D eigenvalue weighted by Gasteiger charge is 2.18. The molecule has 0 aromatic heterocycles. The zero-order valence-corrected chi connectivity index (χ0v) is 13.6. The molecule has 6 nitrogen and oxygen atoms in total. The standard InChI is InChI=1S/C17H22N2O4/c1-13(20)19-16(12-23-3)17(21)18-11-15-8-6-14(7-9-15)5-4-10-22-2/h6-9,16H,10-12H2,1-3H3,(H,18,21)(H,19,20)/t16-/m1/s1. The average Bonchev–Trinajstić information content (AvgIpc) is 2.53. The topological polar surface area (TPSA) is 76.7 Å². The Bertz CT molecular complexity index is 572. The second-order valence-corrected chi connectivity index (χ2v) is 4.86. The Labute approximate surface area is 136 Å². The monoisotopic (exact) mass is 318 g/mol. The van der Waals surface area contributed by atoms with Gasteiger partial charge in [-0.2, -0.15) is 0 Å². The number of rotatable bonds is 7. The molecule has 0 saturated carbocycles. The normalized spacial score (nSPS) is 11.1. The van der Waals surface area contributed by atoms with Crippen molar-refractivity contribution in [2.75, 3.05) is 27.4 Å². The van der Waals surface area contributed by atoms with Gasteiger partial charge in [0.15, 0.2) is 0 Å². The van der Waals surface area contributed by atoms with E-state index >= 15 is 0 Å². The molecular weight excluding hydrogens is 296 g/mol. The number of methoxy groups -OCH3 is 2. The number of amides is 2. The number of benzene rings is 1. The first-order valence-electron chi connectivity index (χ1n) is 7.17. The highest BCUT2D eigenvalue weighted by atomic mass is 16.5. The number of hydrogen-bond donors (Lipinski definition) is 2. The van der Waals surface area contributed by atoms with E-state index in [4.69, 9.17) is 9.47 Å². The predicted octanol–water partition coefficient (Wildman–Crippen LogP) is 0.452. The van der Waals surface area contributed by atoms with Gasteiger partial charge in [0.05, 0.1) is 6.61 Å². The molecule has 23 heavy (non-hydrogen) atoms. The van der Waals surface area contributed by atoms with Crippen LogP contribution in [0.1, 0.15) is 18.1 Å². The summed E-state index contributed by atoms with van der Waals surface area (Å²) in [7, 11) is 3.07. The maximum Gasteiger partial charge on any atom is 0.245 e. The van der Waals surface area contributed by atoms with Gasteiger partial charge in [-0.25, -0.2) is 0 Å². The molecule has 0 aliphatic heterocycles. The molecule has 0 spiro atoms. The van der Waals surface area contributed by atoms with E-state index in [2.05, 4.69) is 22.5 Å². The van der Waals surface area contributed by atoms with Gasteiger partial charge in [0.1, 0.15) is 12.6 Å². The fourth-order valence-electron chi connectivity index (χ4n) is 1.82. The van der Waals surface area contributed by atoms with Gasteiger partial charge in [-0.05, 0) is 17.7 Å². The van der Waals surface area contributed by atoms with Crippen molar-refractivity contribution in [1.82, 2.24) is 10.6 Å². The molecular formula is C17H22N2O4. The summed E-state index contributed by atoms with van der Waals surface area (Å²) in [5.74, 6) is 5.28. The number of carbonyl (C=O) groups excluding carboxylic acids is 2. The van der Waals surface area contributed by atoms with Crippen LogP contribution in [0, 0.1) is 11.8 Å². The van der Waals surface area contributed by atoms with Gasteiger partial charge in [-0.15, -0.1) is 0 Å². The first kappa shape index (κ1) is 18.7. The summed E-state index contributed by atoms with van der Waals surface area (Å²) < 4.78 is 9.80. The molecule has 0 radical (unpaired) electrons. The largest absolute Gasteiger partial charge is 0.382 e. The lowest BCUT2D eigenvalue weighted by Gasteiger charge is -2.16. The van der Waals surface area contributed by atoms with Crippen LogP contribution in [0.15, 0.2) is 24.3 Å². The van der Waals surface area contributed by atoms with E-state index in [1.54, 1.807) is 7.11 Å². The van der Waals surface area contributed by atoms with Crippen LogP contribution < -0.4 is 10.6 Å². The van der Waals surface area contributed by atoms with Crippen molar-refractivity contribution in [2.24, 2.45) is 0 Å². The van der Waals surface area contributed by atoms with E-state index in [-0.39, 0.29) is 18.4 Å². The van der Waals surface area contributed by atoms with Crippen LogP contribution in [0.25, 0.3) is 0 Å². The van der Waals surface area contributed by atoms with Crippen molar-refractivity contribution >= 4 is 11.8 Å². The minimum atomic E-state index is -0.698. The van der Waals surface area contributed by atoms with E-state index in [0.717, 1.165) is 11.1 Å². The summed E-state index contributed by atoms with van der Waals surface area (Å²) in [4.78, 5) is 23.1. The van der Waals surface area contributed by atoms with Gasteiger partial charge >= 0.3 is 0 Å². The fourth-order valence-corrected chi connectivity index (χ4v) is 1.82. The summed E-state index contributed by atoms with van der Waals surface area (Å²) in [5.41, 5.74) is 1.82. The molecule has 0 aliphatic rings. The Morgan fingerprint density at radius 1 is 1.17 bits per heavy atom. The Morgan fingerprint density at radius 3 is 2.43 bits per heavy atom. The molecule has 0 unspecified atom stereocenters. The van der Waals surface area contributed by atoms with Gasteiger partial charge < -0.3 is 20.1 Å². The molecule has 0 saturated heterocycles. The van der Waals surface area contributed by atoms with Crippen LogP contribution in [-0.4, -0.2) is 45.3 Å². The van der Waals surface area contributed by atoms with E-state index in [1.165, 1.54) is 14.0 Å². The summed E-state index contributed by atoms with van der Waals surface area (Å²) in [6.45, 7) is 2.24. The number of carbonyl (C=O) groups is 2. The maximum atomic E-state index is 12.0. The molecule has 2 N–H and O–H groups in total.